The molecule has 0 radical (unpaired) electrons. The van der Waals surface area contributed by atoms with Gasteiger partial charge in [0.15, 0.2) is 0 Å². The van der Waals surface area contributed by atoms with Crippen molar-refractivity contribution in [1.29, 1.82) is 0 Å². The Kier molecular flexibility index (Phi) is 9.83. The molecule has 1 aliphatic rings. The number of nitrogens with two attached hydrogens (primary N) is 2. The summed E-state index contributed by atoms with van der Waals surface area (Å²) in [7, 11) is 0. The van der Waals surface area contributed by atoms with Gasteiger partial charge in [-0.1, -0.05) is 0 Å². The molecule has 160 valence electrons. The minimum absolute atomic E-state index is 0.289. The number of aliphatic hydroxyl groups is 1. The van der Waals surface area contributed by atoms with Gasteiger partial charge in [0.25, 0.3) is 0 Å². The molecule has 1 saturated heterocycles. The van der Waals surface area contributed by atoms with Crippen molar-refractivity contribution in [2.75, 3.05) is 19.6 Å². The Morgan fingerprint density at radius 2 is 1.89 bits per heavy atom. The average molecular weight is 401 g/mol. The third-order valence-electron chi connectivity index (χ3n) is 4.67. The number of amides is 3. The molecule has 0 aromatic rings. The van der Waals surface area contributed by atoms with Crippen molar-refractivity contribution in [2.24, 2.45) is 11.5 Å². The second-order valence-electron chi connectivity index (χ2n) is 6.91. The minimum atomic E-state index is -1.19. The summed E-state index contributed by atoms with van der Waals surface area (Å²) in [6.45, 7) is 1.75. The Morgan fingerprint density at radius 1 is 1.21 bits per heavy atom. The lowest BCUT2D eigenvalue weighted by Gasteiger charge is -2.24. The van der Waals surface area contributed by atoms with E-state index in [1.54, 1.807) is 0 Å². The molecule has 1 rings (SSSR count). The number of nitrogens with one attached hydrogen (secondary N) is 2. The molecule has 4 unspecified atom stereocenters. The van der Waals surface area contributed by atoms with E-state index in [2.05, 4.69) is 10.6 Å². The van der Waals surface area contributed by atoms with Crippen LogP contribution in [0.5, 0.6) is 0 Å². The van der Waals surface area contributed by atoms with Gasteiger partial charge in [-0.25, -0.2) is 4.79 Å². The second-order valence-corrected chi connectivity index (χ2v) is 6.91. The molecule has 0 aromatic heterocycles. The van der Waals surface area contributed by atoms with E-state index >= 15 is 0 Å². The van der Waals surface area contributed by atoms with Crippen molar-refractivity contribution in [3.8, 4) is 0 Å². The molecule has 1 heterocycles. The highest BCUT2D eigenvalue weighted by atomic mass is 16.4. The van der Waals surface area contributed by atoms with Gasteiger partial charge in [-0.2, -0.15) is 0 Å². The number of aliphatic hydroxyl groups excluding tert-OH is 1. The van der Waals surface area contributed by atoms with E-state index in [1.807, 2.05) is 0 Å². The fraction of sp³-hybridized carbons (Fsp3) is 0.765. The summed E-state index contributed by atoms with van der Waals surface area (Å²) >= 11 is 0. The van der Waals surface area contributed by atoms with Crippen LogP contribution in [-0.2, 0) is 19.2 Å². The Balaban J connectivity index is 2.65. The maximum Gasteiger partial charge on any atom is 0.326 e. The topological polar surface area (TPSA) is 188 Å². The number of hydrogen-bond donors (Lipinski definition) is 6. The summed E-state index contributed by atoms with van der Waals surface area (Å²) in [5.74, 6) is -2.83. The number of unbranched alkanes of at least 4 members (excludes halogenated alkanes) is 1. The van der Waals surface area contributed by atoms with Gasteiger partial charge >= 0.3 is 5.97 Å². The van der Waals surface area contributed by atoms with Crippen molar-refractivity contribution in [1.82, 2.24) is 15.5 Å². The number of carbonyl (C=O) groups excluding carboxylic acids is 3. The number of carboxylic acids is 1. The highest BCUT2D eigenvalue weighted by Gasteiger charge is 2.34. The second kappa shape index (κ2) is 11.6. The van der Waals surface area contributed by atoms with Crippen molar-refractivity contribution in [3.63, 3.8) is 0 Å². The van der Waals surface area contributed by atoms with Crippen LogP contribution in [0.15, 0.2) is 0 Å². The lowest BCUT2D eigenvalue weighted by molar-refractivity contribution is -0.148. The third-order valence-corrected chi connectivity index (χ3v) is 4.67. The minimum Gasteiger partial charge on any atom is -0.480 e. The fourth-order valence-electron chi connectivity index (χ4n) is 2.96. The van der Waals surface area contributed by atoms with Gasteiger partial charge in [-0.05, 0) is 45.6 Å². The molecule has 0 saturated carbocycles. The van der Waals surface area contributed by atoms with Crippen molar-refractivity contribution >= 4 is 23.7 Å². The molecule has 0 aromatic carbocycles. The Labute approximate surface area is 163 Å². The first kappa shape index (κ1) is 23.8. The van der Waals surface area contributed by atoms with Crippen LogP contribution in [-0.4, -0.2) is 82.7 Å². The molecule has 0 bridgehead atoms. The molecular formula is C17H31N5O6. The average Bonchev–Trinajstić information content (AvgIpc) is 3.14. The van der Waals surface area contributed by atoms with Gasteiger partial charge in [-0.15, -0.1) is 0 Å². The number of hydrogen-bond acceptors (Lipinski definition) is 7. The van der Waals surface area contributed by atoms with Crippen LogP contribution >= 0.6 is 0 Å². The molecule has 11 heteroatoms. The molecule has 0 aliphatic carbocycles. The molecular weight excluding hydrogens is 370 g/mol. The summed E-state index contributed by atoms with van der Waals surface area (Å²) in [6, 6.07) is -3.01. The molecule has 0 spiro atoms. The predicted molar refractivity (Wildman–Crippen MR) is 99.9 cm³/mol. The van der Waals surface area contributed by atoms with Gasteiger partial charge in [0, 0.05) is 6.54 Å². The zero-order valence-electron chi connectivity index (χ0n) is 16.1. The van der Waals surface area contributed by atoms with Gasteiger partial charge < -0.3 is 37.2 Å². The highest BCUT2D eigenvalue weighted by Crippen LogP contribution is 2.17. The fourth-order valence-corrected chi connectivity index (χ4v) is 2.96. The van der Waals surface area contributed by atoms with Gasteiger partial charge in [0.05, 0.1) is 12.6 Å². The number of carbonyl (C=O) groups is 4. The van der Waals surface area contributed by atoms with Crippen molar-refractivity contribution in [3.05, 3.63) is 0 Å². The molecule has 3 amide bonds. The number of aliphatic carboxylic acids is 1. The van der Waals surface area contributed by atoms with Crippen LogP contribution in [0.2, 0.25) is 0 Å². The Bertz CT molecular complexity index is 570. The quantitative estimate of drug-likeness (QED) is 0.205. The predicted octanol–water partition coefficient (Wildman–Crippen LogP) is -2.50. The van der Waals surface area contributed by atoms with E-state index in [-0.39, 0.29) is 13.0 Å². The van der Waals surface area contributed by atoms with Crippen LogP contribution in [0.4, 0.5) is 0 Å². The van der Waals surface area contributed by atoms with Gasteiger partial charge in [-0.3, -0.25) is 14.4 Å². The first-order valence-electron chi connectivity index (χ1n) is 9.43. The first-order valence-corrected chi connectivity index (χ1v) is 9.43. The van der Waals surface area contributed by atoms with Crippen molar-refractivity contribution in [2.45, 2.75) is 63.3 Å². The maximum atomic E-state index is 12.5. The van der Waals surface area contributed by atoms with E-state index in [0.717, 1.165) is 0 Å². The van der Waals surface area contributed by atoms with E-state index in [4.69, 9.17) is 16.6 Å². The normalized spacial score (nSPS) is 19.6. The van der Waals surface area contributed by atoms with Crippen LogP contribution in [0.3, 0.4) is 0 Å². The summed E-state index contributed by atoms with van der Waals surface area (Å²) in [6.07, 6.45) is 1.39. The SMILES string of the molecule is CC(O)C(N)C(=O)NC(CCCCN)C(=O)NCC(=O)N1CCCC1C(=O)O. The van der Waals surface area contributed by atoms with E-state index < -0.39 is 47.9 Å². The zero-order chi connectivity index (χ0) is 21.3. The zero-order valence-corrected chi connectivity index (χ0v) is 16.1. The Hall–Kier alpha value is -2.24. The van der Waals surface area contributed by atoms with Gasteiger partial charge in [0.2, 0.25) is 17.7 Å². The van der Waals surface area contributed by atoms with E-state index in [9.17, 15) is 24.3 Å². The lowest BCUT2D eigenvalue weighted by atomic mass is 10.1. The number of nitrogens with zero attached hydrogens (tertiary/aromatic N) is 1. The molecule has 1 fully saturated rings. The van der Waals surface area contributed by atoms with Crippen LogP contribution in [0.25, 0.3) is 0 Å². The highest BCUT2D eigenvalue weighted by molar-refractivity contribution is 5.92. The molecule has 1 aliphatic heterocycles. The third kappa shape index (κ3) is 7.06. The summed E-state index contributed by atoms with van der Waals surface area (Å²) in [5.41, 5.74) is 11.0. The molecule has 8 N–H and O–H groups in total. The van der Waals surface area contributed by atoms with Crippen LogP contribution < -0.4 is 22.1 Å². The number of likely N-dealkylation sites (tertiary alicyclic amines) is 1. The van der Waals surface area contributed by atoms with Crippen LogP contribution in [0, 0.1) is 0 Å². The van der Waals surface area contributed by atoms with Crippen molar-refractivity contribution < 1.29 is 29.4 Å². The number of carboxylic acid groups (broad SMARTS) is 1. The van der Waals surface area contributed by atoms with Crippen LogP contribution in [0.1, 0.15) is 39.0 Å². The van der Waals surface area contributed by atoms with Gasteiger partial charge in [0.1, 0.15) is 18.1 Å². The summed E-state index contributed by atoms with van der Waals surface area (Å²) in [4.78, 5) is 49.2. The summed E-state index contributed by atoms with van der Waals surface area (Å²) < 4.78 is 0. The monoisotopic (exact) mass is 401 g/mol. The maximum absolute atomic E-state index is 12.5. The smallest absolute Gasteiger partial charge is 0.326 e. The first-order chi connectivity index (χ1) is 13.2. The molecule has 4 atom stereocenters. The number of rotatable bonds is 11. The largest absolute Gasteiger partial charge is 0.480 e. The Morgan fingerprint density at radius 3 is 2.46 bits per heavy atom. The lowest BCUT2D eigenvalue weighted by Crippen LogP contribution is -2.55. The summed E-state index contributed by atoms with van der Waals surface area (Å²) in [5, 5.41) is 23.5. The standard InChI is InChI=1S/C17H31N5O6/c1-10(23)14(19)16(26)21-11(5-2-3-7-18)15(25)20-9-13(24)22-8-4-6-12(22)17(27)28/h10-12,14,23H,2-9,18-19H2,1H3,(H,20,25)(H,21,26)(H,27,28). The molecule has 11 nitrogen and oxygen atoms in total. The molecule has 28 heavy (non-hydrogen) atoms. The van der Waals surface area contributed by atoms with E-state index in [1.165, 1.54) is 11.8 Å². The van der Waals surface area contributed by atoms with E-state index in [0.29, 0.717) is 38.8 Å².